The summed E-state index contributed by atoms with van der Waals surface area (Å²) in [7, 11) is 0. The second kappa shape index (κ2) is 5.77. The van der Waals surface area contributed by atoms with Gasteiger partial charge in [0.2, 0.25) is 4.96 Å². The number of fused-ring (bicyclic) bond motifs is 1. The van der Waals surface area contributed by atoms with E-state index in [1.54, 1.807) is 16.6 Å². The largest absolute Gasteiger partial charge is 0.486 e. The predicted octanol–water partition coefficient (Wildman–Crippen LogP) is 3.57. The Balaban J connectivity index is 1.57. The van der Waals surface area contributed by atoms with Crippen LogP contribution in [0.5, 0.6) is 5.75 Å². The Hall–Kier alpha value is -2.80. The molecule has 114 valence electrons. The summed E-state index contributed by atoms with van der Waals surface area (Å²) in [5.74, 6) is 1.01. The molecule has 0 N–H and O–H groups in total. The van der Waals surface area contributed by atoms with E-state index in [1.807, 2.05) is 30.3 Å². The van der Waals surface area contributed by atoms with E-state index in [4.69, 9.17) is 4.74 Å². The second-order valence-electron chi connectivity index (χ2n) is 4.82. The smallest absolute Gasteiger partial charge is 0.235 e. The van der Waals surface area contributed by atoms with E-state index in [0.717, 1.165) is 10.6 Å². The Bertz CT molecular complexity index is 934. The van der Waals surface area contributed by atoms with Crippen LogP contribution < -0.4 is 4.74 Å². The van der Waals surface area contributed by atoms with Crippen LogP contribution in [0.15, 0.2) is 54.6 Å². The van der Waals surface area contributed by atoms with Crippen molar-refractivity contribution in [1.82, 2.24) is 19.8 Å². The topological polar surface area (TPSA) is 52.3 Å². The first-order chi connectivity index (χ1) is 11.3. The van der Waals surface area contributed by atoms with Gasteiger partial charge in [0.05, 0.1) is 0 Å². The fourth-order valence-corrected chi connectivity index (χ4v) is 2.90. The van der Waals surface area contributed by atoms with Gasteiger partial charge in [-0.1, -0.05) is 41.7 Å². The number of nitrogens with zero attached hydrogens (tertiary/aromatic N) is 4. The number of benzene rings is 2. The van der Waals surface area contributed by atoms with Crippen molar-refractivity contribution in [2.75, 3.05) is 0 Å². The van der Waals surface area contributed by atoms with Gasteiger partial charge in [-0.25, -0.2) is 4.39 Å². The third-order valence-corrected chi connectivity index (χ3v) is 4.11. The summed E-state index contributed by atoms with van der Waals surface area (Å²) in [6.07, 6.45) is 0. The summed E-state index contributed by atoms with van der Waals surface area (Å²) in [6, 6.07) is 15.7. The van der Waals surface area contributed by atoms with Crippen LogP contribution in [0.25, 0.3) is 16.3 Å². The molecule has 2 heterocycles. The molecule has 0 fully saturated rings. The molecule has 0 aliphatic rings. The van der Waals surface area contributed by atoms with E-state index in [0.29, 0.717) is 23.1 Å². The van der Waals surface area contributed by atoms with E-state index in [9.17, 15) is 4.39 Å². The van der Waals surface area contributed by atoms with Crippen molar-refractivity contribution in [1.29, 1.82) is 0 Å². The molecule has 0 bridgehead atoms. The number of ether oxygens (including phenoxy) is 1. The quantitative estimate of drug-likeness (QED) is 0.575. The number of rotatable bonds is 4. The van der Waals surface area contributed by atoms with Gasteiger partial charge in [-0.15, -0.1) is 10.2 Å². The second-order valence-corrected chi connectivity index (χ2v) is 5.86. The maximum atomic E-state index is 12.9. The lowest BCUT2D eigenvalue weighted by molar-refractivity contribution is 0.303. The summed E-state index contributed by atoms with van der Waals surface area (Å²) >= 11 is 1.41. The first-order valence-electron chi connectivity index (χ1n) is 6.94. The third kappa shape index (κ3) is 2.78. The Kier molecular flexibility index (Phi) is 3.47. The fraction of sp³-hybridized carbons (Fsp3) is 0.0625. The number of hydrogen-bond acceptors (Lipinski definition) is 5. The molecule has 0 saturated heterocycles. The molecule has 7 heteroatoms. The Morgan fingerprint density at radius 1 is 1.00 bits per heavy atom. The van der Waals surface area contributed by atoms with Gasteiger partial charge < -0.3 is 4.74 Å². The van der Waals surface area contributed by atoms with Crippen LogP contribution in [-0.2, 0) is 6.61 Å². The minimum atomic E-state index is -0.288. The lowest BCUT2D eigenvalue weighted by Gasteiger charge is -2.02. The highest BCUT2D eigenvalue weighted by atomic mass is 32.1. The van der Waals surface area contributed by atoms with Crippen LogP contribution in [0.2, 0.25) is 0 Å². The van der Waals surface area contributed by atoms with E-state index in [-0.39, 0.29) is 5.82 Å². The Morgan fingerprint density at radius 3 is 2.57 bits per heavy atom. The van der Waals surface area contributed by atoms with Gasteiger partial charge in [-0.05, 0) is 24.3 Å². The van der Waals surface area contributed by atoms with Crippen LogP contribution in [-0.4, -0.2) is 19.8 Å². The molecule has 0 radical (unpaired) electrons. The molecule has 0 atom stereocenters. The predicted molar refractivity (Wildman–Crippen MR) is 84.8 cm³/mol. The fourth-order valence-electron chi connectivity index (χ4n) is 2.16. The van der Waals surface area contributed by atoms with E-state index < -0.39 is 0 Å². The maximum Gasteiger partial charge on any atom is 0.235 e. The zero-order valence-corrected chi connectivity index (χ0v) is 12.7. The van der Waals surface area contributed by atoms with Crippen molar-refractivity contribution in [3.8, 4) is 17.1 Å². The van der Waals surface area contributed by atoms with Gasteiger partial charge >= 0.3 is 0 Å². The zero-order chi connectivity index (χ0) is 15.6. The van der Waals surface area contributed by atoms with E-state index in [2.05, 4.69) is 15.3 Å². The molecule has 4 rings (SSSR count). The molecule has 0 aliphatic carbocycles. The van der Waals surface area contributed by atoms with Crippen molar-refractivity contribution in [3.63, 3.8) is 0 Å². The SMILES string of the molecule is Fc1ccc(OCc2nn3c(-c4ccccc4)nnc3s2)cc1. The molecular formula is C16H11FN4OS. The van der Waals surface area contributed by atoms with Gasteiger partial charge in [-0.3, -0.25) is 0 Å². The number of halogens is 1. The highest BCUT2D eigenvalue weighted by Crippen LogP contribution is 2.22. The molecule has 4 aromatic rings. The molecule has 0 unspecified atom stereocenters. The van der Waals surface area contributed by atoms with Crippen molar-refractivity contribution < 1.29 is 9.13 Å². The molecule has 23 heavy (non-hydrogen) atoms. The van der Waals surface area contributed by atoms with Gasteiger partial charge in [-0.2, -0.15) is 9.61 Å². The highest BCUT2D eigenvalue weighted by molar-refractivity contribution is 7.16. The minimum Gasteiger partial charge on any atom is -0.486 e. The van der Waals surface area contributed by atoms with Gasteiger partial charge in [0.15, 0.2) is 10.8 Å². The molecule has 0 saturated carbocycles. The number of aromatic nitrogens is 4. The van der Waals surface area contributed by atoms with Crippen molar-refractivity contribution in [2.24, 2.45) is 0 Å². The standard InChI is InChI=1S/C16H11FN4OS/c17-12-6-8-13(9-7-12)22-10-14-20-21-15(18-19-16(21)23-14)11-4-2-1-3-5-11/h1-9H,10H2. The van der Waals surface area contributed by atoms with Crippen molar-refractivity contribution in [3.05, 3.63) is 65.4 Å². The average Bonchev–Trinajstić information content (AvgIpc) is 3.15. The Labute approximate surface area is 135 Å². The molecule has 5 nitrogen and oxygen atoms in total. The van der Waals surface area contributed by atoms with E-state index in [1.165, 1.54) is 23.5 Å². The molecule has 2 aromatic heterocycles. The van der Waals surface area contributed by atoms with Gasteiger partial charge in [0, 0.05) is 5.56 Å². The third-order valence-electron chi connectivity index (χ3n) is 3.24. The average molecular weight is 326 g/mol. The molecule has 0 spiro atoms. The summed E-state index contributed by atoms with van der Waals surface area (Å²) < 4.78 is 20.2. The first kappa shape index (κ1) is 13.8. The lowest BCUT2D eigenvalue weighted by Crippen LogP contribution is -1.97. The lowest BCUT2D eigenvalue weighted by atomic mass is 10.2. The Morgan fingerprint density at radius 2 is 1.78 bits per heavy atom. The summed E-state index contributed by atoms with van der Waals surface area (Å²) in [4.78, 5) is 0.710. The molecular weight excluding hydrogens is 315 g/mol. The summed E-state index contributed by atoms with van der Waals surface area (Å²) in [6.45, 7) is 0.299. The molecule has 0 aliphatic heterocycles. The van der Waals surface area contributed by atoms with Gasteiger partial charge in [0.25, 0.3) is 0 Å². The molecule has 2 aromatic carbocycles. The van der Waals surface area contributed by atoms with Crippen molar-refractivity contribution in [2.45, 2.75) is 6.61 Å². The summed E-state index contributed by atoms with van der Waals surface area (Å²) in [5.41, 5.74) is 0.955. The van der Waals surface area contributed by atoms with Crippen LogP contribution in [0, 0.1) is 5.82 Å². The minimum absolute atomic E-state index is 0.288. The monoisotopic (exact) mass is 326 g/mol. The van der Waals surface area contributed by atoms with Crippen LogP contribution >= 0.6 is 11.3 Å². The molecule has 0 amide bonds. The van der Waals surface area contributed by atoms with E-state index >= 15 is 0 Å². The van der Waals surface area contributed by atoms with Gasteiger partial charge in [0.1, 0.15) is 18.2 Å². The van der Waals surface area contributed by atoms with Crippen molar-refractivity contribution >= 4 is 16.3 Å². The van der Waals surface area contributed by atoms with Crippen LogP contribution in [0.3, 0.4) is 0 Å². The first-order valence-corrected chi connectivity index (χ1v) is 7.76. The zero-order valence-electron chi connectivity index (χ0n) is 11.9. The maximum absolute atomic E-state index is 12.9. The normalized spacial score (nSPS) is 11.0. The highest BCUT2D eigenvalue weighted by Gasteiger charge is 2.13. The van der Waals surface area contributed by atoms with Crippen LogP contribution in [0.1, 0.15) is 5.01 Å². The number of hydrogen-bond donors (Lipinski definition) is 0. The summed E-state index contributed by atoms with van der Waals surface area (Å²) in [5, 5.41) is 13.6. The van der Waals surface area contributed by atoms with Crippen LogP contribution in [0.4, 0.5) is 4.39 Å².